The molecule has 0 amide bonds. The quantitative estimate of drug-likeness (QED) is 0.476. The number of aliphatic hydroxyl groups is 1. The molecular weight excluding hydrogens is 310 g/mol. The highest BCUT2D eigenvalue weighted by Gasteiger charge is 2.06. The minimum absolute atomic E-state index is 0.343. The van der Waals surface area contributed by atoms with Crippen LogP contribution in [-0.4, -0.2) is 23.3 Å². The van der Waals surface area contributed by atoms with Crippen molar-refractivity contribution in [3.05, 3.63) is 36.0 Å². The molecule has 0 radical (unpaired) electrons. The van der Waals surface area contributed by atoms with Crippen LogP contribution in [0.3, 0.4) is 0 Å². The van der Waals surface area contributed by atoms with Gasteiger partial charge < -0.3 is 9.84 Å². The molecule has 0 unspecified atom stereocenters. The van der Waals surface area contributed by atoms with Gasteiger partial charge in [-0.05, 0) is 43.9 Å². The predicted molar refractivity (Wildman–Crippen MR) is 105 cm³/mol. The van der Waals surface area contributed by atoms with Crippen LogP contribution >= 0.6 is 0 Å². The molecule has 0 saturated carbocycles. The molecule has 2 aromatic rings. The van der Waals surface area contributed by atoms with Gasteiger partial charge in [0, 0.05) is 18.2 Å². The molecule has 1 N–H and O–H groups in total. The molecule has 0 aliphatic heterocycles. The Bertz CT molecular complexity index is 612. The fourth-order valence-corrected chi connectivity index (χ4v) is 3.36. The number of hydrogen-bond donors (Lipinski definition) is 1. The van der Waals surface area contributed by atoms with Crippen molar-refractivity contribution in [1.82, 2.24) is 4.98 Å². The van der Waals surface area contributed by atoms with Crippen molar-refractivity contribution in [2.75, 3.05) is 13.2 Å². The van der Waals surface area contributed by atoms with Crippen LogP contribution < -0.4 is 4.74 Å². The van der Waals surface area contributed by atoms with Gasteiger partial charge >= 0.3 is 0 Å². The molecule has 0 fully saturated rings. The topological polar surface area (TPSA) is 42.4 Å². The van der Waals surface area contributed by atoms with E-state index >= 15 is 0 Å². The van der Waals surface area contributed by atoms with Crippen molar-refractivity contribution in [3.63, 3.8) is 0 Å². The van der Waals surface area contributed by atoms with Crippen LogP contribution in [0.2, 0.25) is 0 Å². The predicted octanol–water partition coefficient (Wildman–Crippen LogP) is 5.68. The molecule has 2 rings (SSSR count). The number of aryl methyl sites for hydroxylation is 1. The zero-order chi connectivity index (χ0) is 17.7. The smallest absolute Gasteiger partial charge is 0.145 e. The van der Waals surface area contributed by atoms with Gasteiger partial charge in [-0.15, -0.1) is 0 Å². The van der Waals surface area contributed by atoms with Gasteiger partial charge in [-0.2, -0.15) is 0 Å². The Labute approximate surface area is 152 Å². The van der Waals surface area contributed by atoms with Crippen molar-refractivity contribution in [2.45, 2.75) is 71.1 Å². The zero-order valence-electron chi connectivity index (χ0n) is 15.7. The fraction of sp³-hybridized carbons (Fsp3) is 0.591. The van der Waals surface area contributed by atoms with E-state index in [0.717, 1.165) is 24.1 Å². The average Bonchev–Trinajstić information content (AvgIpc) is 2.64. The molecule has 3 heteroatoms. The van der Waals surface area contributed by atoms with Gasteiger partial charge in [0.25, 0.3) is 0 Å². The van der Waals surface area contributed by atoms with Crippen LogP contribution in [0.25, 0.3) is 10.9 Å². The number of benzene rings is 1. The van der Waals surface area contributed by atoms with Gasteiger partial charge in [-0.1, -0.05) is 57.1 Å². The van der Waals surface area contributed by atoms with Crippen molar-refractivity contribution in [2.24, 2.45) is 0 Å². The molecule has 0 aliphatic carbocycles. The number of hydrogen-bond acceptors (Lipinski definition) is 3. The molecule has 138 valence electrons. The van der Waals surface area contributed by atoms with Crippen molar-refractivity contribution < 1.29 is 9.84 Å². The summed E-state index contributed by atoms with van der Waals surface area (Å²) in [5.74, 6) is 0.892. The number of fused-ring (bicyclic) bond motifs is 1. The summed E-state index contributed by atoms with van der Waals surface area (Å²) in [4.78, 5) is 4.52. The summed E-state index contributed by atoms with van der Waals surface area (Å²) >= 11 is 0. The van der Waals surface area contributed by atoms with E-state index in [1.54, 1.807) is 0 Å². The van der Waals surface area contributed by atoms with E-state index in [-0.39, 0.29) is 0 Å². The first-order valence-corrected chi connectivity index (χ1v) is 9.97. The van der Waals surface area contributed by atoms with Gasteiger partial charge in [0.05, 0.1) is 6.61 Å². The Morgan fingerprint density at radius 1 is 0.880 bits per heavy atom. The minimum Gasteiger partial charge on any atom is -0.492 e. The largest absolute Gasteiger partial charge is 0.492 e. The zero-order valence-corrected chi connectivity index (χ0v) is 15.7. The van der Waals surface area contributed by atoms with Crippen LogP contribution in [-0.2, 0) is 6.42 Å². The maximum Gasteiger partial charge on any atom is 0.145 e. The van der Waals surface area contributed by atoms with Gasteiger partial charge in [0.1, 0.15) is 11.3 Å². The van der Waals surface area contributed by atoms with E-state index < -0.39 is 0 Å². The van der Waals surface area contributed by atoms with Gasteiger partial charge in [-0.3, -0.25) is 4.98 Å². The molecule has 0 saturated heterocycles. The summed E-state index contributed by atoms with van der Waals surface area (Å²) < 4.78 is 5.70. The van der Waals surface area contributed by atoms with Gasteiger partial charge in [0.2, 0.25) is 0 Å². The summed E-state index contributed by atoms with van der Waals surface area (Å²) in [7, 11) is 0. The van der Waals surface area contributed by atoms with E-state index in [2.05, 4.69) is 23.2 Å². The second-order valence-electron chi connectivity index (χ2n) is 6.71. The summed E-state index contributed by atoms with van der Waals surface area (Å²) in [6, 6.07) is 8.38. The fourth-order valence-electron chi connectivity index (χ4n) is 3.36. The Morgan fingerprint density at radius 2 is 1.56 bits per heavy atom. The minimum atomic E-state index is 0.343. The standard InChI is InChI=1S/C22H33NO2/c1-2-25-21-15-12-14-20-19(16-17-23-22(20)21)13-10-8-6-4-3-5-7-9-11-18-24/h12,14-17,24H,2-11,13,18H2,1H3. The van der Waals surface area contributed by atoms with Gasteiger partial charge in [-0.25, -0.2) is 0 Å². The maximum absolute atomic E-state index is 8.76. The normalized spacial score (nSPS) is 11.1. The molecular formula is C22H33NO2. The number of unbranched alkanes of at least 4 members (excludes halogenated alkanes) is 8. The van der Waals surface area contributed by atoms with E-state index in [9.17, 15) is 0 Å². The molecule has 1 aromatic carbocycles. The van der Waals surface area contributed by atoms with Crippen LogP contribution in [0.1, 0.15) is 70.3 Å². The summed E-state index contributed by atoms with van der Waals surface area (Å²) in [5.41, 5.74) is 2.38. The Morgan fingerprint density at radius 3 is 2.24 bits per heavy atom. The van der Waals surface area contributed by atoms with Crippen molar-refractivity contribution in [3.8, 4) is 5.75 Å². The third-order valence-electron chi connectivity index (χ3n) is 4.73. The highest BCUT2D eigenvalue weighted by atomic mass is 16.5. The van der Waals surface area contributed by atoms with E-state index in [0.29, 0.717) is 13.2 Å². The third-order valence-corrected chi connectivity index (χ3v) is 4.73. The Hall–Kier alpha value is -1.61. The molecule has 1 heterocycles. The monoisotopic (exact) mass is 343 g/mol. The molecule has 3 nitrogen and oxygen atoms in total. The molecule has 0 atom stereocenters. The van der Waals surface area contributed by atoms with E-state index in [1.807, 2.05) is 19.2 Å². The second-order valence-corrected chi connectivity index (χ2v) is 6.71. The van der Waals surface area contributed by atoms with Crippen LogP contribution in [0, 0.1) is 0 Å². The van der Waals surface area contributed by atoms with E-state index in [4.69, 9.17) is 9.84 Å². The second kappa shape index (κ2) is 11.9. The van der Waals surface area contributed by atoms with Gasteiger partial charge in [0.15, 0.2) is 0 Å². The Kier molecular flexibility index (Phi) is 9.35. The number of nitrogens with zero attached hydrogens (tertiary/aromatic N) is 1. The molecule has 25 heavy (non-hydrogen) atoms. The van der Waals surface area contributed by atoms with Crippen LogP contribution in [0.5, 0.6) is 5.75 Å². The van der Waals surface area contributed by atoms with E-state index in [1.165, 1.54) is 62.3 Å². The third kappa shape index (κ3) is 6.66. The average molecular weight is 344 g/mol. The molecule has 0 bridgehead atoms. The highest BCUT2D eigenvalue weighted by Crippen LogP contribution is 2.27. The first-order valence-electron chi connectivity index (χ1n) is 9.97. The molecule has 0 aliphatic rings. The first-order chi connectivity index (χ1) is 12.4. The molecule has 1 aromatic heterocycles. The lowest BCUT2D eigenvalue weighted by molar-refractivity contribution is 0.282. The summed E-state index contributed by atoms with van der Waals surface area (Å²) in [6.07, 6.45) is 14.3. The maximum atomic E-state index is 8.76. The molecule has 0 spiro atoms. The number of pyridine rings is 1. The first kappa shape index (κ1) is 19.7. The number of rotatable bonds is 13. The van der Waals surface area contributed by atoms with Crippen molar-refractivity contribution in [1.29, 1.82) is 0 Å². The number of para-hydroxylation sites is 1. The van der Waals surface area contributed by atoms with Crippen LogP contribution in [0.15, 0.2) is 30.5 Å². The van der Waals surface area contributed by atoms with Crippen LogP contribution in [0.4, 0.5) is 0 Å². The highest BCUT2D eigenvalue weighted by molar-refractivity contribution is 5.87. The van der Waals surface area contributed by atoms with Crippen molar-refractivity contribution >= 4 is 10.9 Å². The number of aromatic nitrogens is 1. The summed E-state index contributed by atoms with van der Waals surface area (Å²) in [5, 5.41) is 9.99. The SMILES string of the molecule is CCOc1cccc2c(CCCCCCCCCCCO)ccnc12. The Balaban J connectivity index is 1.72. The number of ether oxygens (including phenoxy) is 1. The lowest BCUT2D eigenvalue weighted by Crippen LogP contribution is -1.96. The lowest BCUT2D eigenvalue weighted by Gasteiger charge is -2.10. The lowest BCUT2D eigenvalue weighted by atomic mass is 10.0. The number of aliphatic hydroxyl groups excluding tert-OH is 1. The summed E-state index contributed by atoms with van der Waals surface area (Å²) in [6.45, 7) is 3.02.